The minimum Gasteiger partial charge on any atom is -0.310 e. The van der Waals surface area contributed by atoms with Crippen LogP contribution in [0.15, 0.2) is 6.20 Å². The van der Waals surface area contributed by atoms with Gasteiger partial charge in [-0.15, -0.1) is 0 Å². The molecule has 21 heavy (non-hydrogen) atoms. The number of nitrogens with zero attached hydrogens (tertiary/aromatic N) is 2. The van der Waals surface area contributed by atoms with Crippen molar-refractivity contribution in [2.24, 2.45) is 7.05 Å². The Balaban J connectivity index is 2.35. The van der Waals surface area contributed by atoms with E-state index in [-0.39, 0.29) is 0 Å². The Hall–Kier alpha value is -0.830. The van der Waals surface area contributed by atoms with E-state index in [2.05, 4.69) is 31.2 Å². The molecule has 0 saturated heterocycles. The fourth-order valence-corrected chi connectivity index (χ4v) is 2.85. The number of rotatable bonds is 12. The maximum Gasteiger partial charge on any atom is 0.0540 e. The smallest absolute Gasteiger partial charge is 0.0540 e. The Labute approximate surface area is 131 Å². The quantitative estimate of drug-likeness (QED) is 0.555. The van der Waals surface area contributed by atoms with Crippen LogP contribution in [0.5, 0.6) is 0 Å². The van der Waals surface area contributed by atoms with Gasteiger partial charge in [0.15, 0.2) is 0 Å². The summed E-state index contributed by atoms with van der Waals surface area (Å²) >= 11 is 0. The Bertz CT molecular complexity index is 371. The van der Waals surface area contributed by atoms with E-state index in [1.54, 1.807) is 0 Å². The number of unbranched alkanes of at least 4 members (excludes halogenated alkanes) is 6. The molecule has 0 fully saturated rings. The molecular weight excluding hydrogens is 258 g/mol. The van der Waals surface area contributed by atoms with Crippen molar-refractivity contribution in [1.82, 2.24) is 15.1 Å². The van der Waals surface area contributed by atoms with Gasteiger partial charge in [0.2, 0.25) is 0 Å². The molecule has 0 saturated carbocycles. The van der Waals surface area contributed by atoms with Crippen LogP contribution >= 0.6 is 0 Å². The van der Waals surface area contributed by atoms with Crippen molar-refractivity contribution < 1.29 is 0 Å². The topological polar surface area (TPSA) is 29.9 Å². The predicted molar refractivity (Wildman–Crippen MR) is 91.6 cm³/mol. The zero-order valence-corrected chi connectivity index (χ0v) is 14.6. The van der Waals surface area contributed by atoms with E-state index in [0.717, 1.165) is 6.54 Å². The highest BCUT2D eigenvalue weighted by Gasteiger charge is 2.15. The zero-order valence-electron chi connectivity index (χ0n) is 14.6. The molecule has 0 amide bonds. The van der Waals surface area contributed by atoms with E-state index in [0.29, 0.717) is 6.04 Å². The van der Waals surface area contributed by atoms with Gasteiger partial charge in [0, 0.05) is 24.3 Å². The number of aryl methyl sites for hydroxylation is 1. The highest BCUT2D eigenvalue weighted by atomic mass is 15.3. The van der Waals surface area contributed by atoms with Crippen LogP contribution in [0.3, 0.4) is 0 Å². The lowest BCUT2D eigenvalue weighted by Crippen LogP contribution is -2.22. The summed E-state index contributed by atoms with van der Waals surface area (Å²) in [6, 6.07) is 0.481. The summed E-state index contributed by atoms with van der Waals surface area (Å²) in [5.74, 6) is 0. The highest BCUT2D eigenvalue weighted by Crippen LogP contribution is 2.23. The lowest BCUT2D eigenvalue weighted by Gasteiger charge is -2.18. The van der Waals surface area contributed by atoms with E-state index >= 15 is 0 Å². The maximum atomic E-state index is 4.40. The molecule has 1 aromatic rings. The first-order valence-electron chi connectivity index (χ1n) is 8.92. The van der Waals surface area contributed by atoms with Gasteiger partial charge in [0.25, 0.3) is 0 Å². The van der Waals surface area contributed by atoms with E-state index in [4.69, 9.17) is 0 Å². The number of nitrogens with one attached hydrogen (secondary N) is 1. The molecule has 3 heteroatoms. The van der Waals surface area contributed by atoms with Gasteiger partial charge in [-0.05, 0) is 26.3 Å². The van der Waals surface area contributed by atoms with Crippen molar-refractivity contribution in [1.29, 1.82) is 0 Å². The van der Waals surface area contributed by atoms with Crippen molar-refractivity contribution in [3.05, 3.63) is 17.5 Å². The van der Waals surface area contributed by atoms with Crippen LogP contribution in [0.25, 0.3) is 0 Å². The first-order valence-corrected chi connectivity index (χ1v) is 8.92. The normalized spacial score (nSPS) is 12.8. The Morgan fingerprint density at radius 2 is 1.71 bits per heavy atom. The second-order valence-electron chi connectivity index (χ2n) is 6.23. The third-order valence-corrected chi connectivity index (χ3v) is 4.39. The first kappa shape index (κ1) is 18.2. The standard InChI is InChI=1S/C18H35N3/c1-5-7-8-9-10-11-12-13-18(19-14-6-2)17-15-20-21(4)16(17)3/h15,18-19H,5-14H2,1-4H3. The molecule has 0 radical (unpaired) electrons. The fraction of sp³-hybridized carbons (Fsp3) is 0.833. The number of aromatic nitrogens is 2. The van der Waals surface area contributed by atoms with Crippen LogP contribution < -0.4 is 5.32 Å². The molecule has 0 aliphatic carbocycles. The maximum absolute atomic E-state index is 4.40. The highest BCUT2D eigenvalue weighted by molar-refractivity contribution is 5.20. The molecule has 1 atom stereocenters. The van der Waals surface area contributed by atoms with Gasteiger partial charge >= 0.3 is 0 Å². The van der Waals surface area contributed by atoms with Crippen LogP contribution in [0.4, 0.5) is 0 Å². The molecule has 1 N–H and O–H groups in total. The molecule has 0 aliphatic rings. The second-order valence-corrected chi connectivity index (χ2v) is 6.23. The first-order chi connectivity index (χ1) is 10.2. The molecule has 1 unspecified atom stereocenters. The lowest BCUT2D eigenvalue weighted by atomic mass is 10.00. The molecule has 0 bridgehead atoms. The van der Waals surface area contributed by atoms with Crippen molar-refractivity contribution >= 4 is 0 Å². The van der Waals surface area contributed by atoms with Crippen molar-refractivity contribution in [3.8, 4) is 0 Å². The molecular formula is C18H35N3. The molecule has 3 nitrogen and oxygen atoms in total. The molecule has 1 heterocycles. The van der Waals surface area contributed by atoms with Crippen LogP contribution in [0.1, 0.15) is 88.9 Å². The van der Waals surface area contributed by atoms with Gasteiger partial charge in [0.1, 0.15) is 0 Å². The van der Waals surface area contributed by atoms with E-state index < -0.39 is 0 Å². The Morgan fingerprint density at radius 3 is 2.29 bits per heavy atom. The molecule has 1 aromatic heterocycles. The minimum atomic E-state index is 0.481. The second kappa shape index (κ2) is 10.8. The SMILES string of the molecule is CCCCCCCCCC(NCCC)c1cnn(C)c1C. The number of hydrogen-bond acceptors (Lipinski definition) is 2. The van der Waals surface area contributed by atoms with Crippen LogP contribution in [-0.4, -0.2) is 16.3 Å². The average Bonchev–Trinajstić information content (AvgIpc) is 2.81. The van der Waals surface area contributed by atoms with Crippen molar-refractivity contribution in [3.63, 3.8) is 0 Å². The lowest BCUT2D eigenvalue weighted by molar-refractivity contribution is 0.463. The molecule has 1 rings (SSSR count). The van der Waals surface area contributed by atoms with E-state index in [1.807, 2.05) is 17.9 Å². The van der Waals surface area contributed by atoms with Crippen molar-refractivity contribution in [2.45, 2.75) is 84.6 Å². The molecule has 122 valence electrons. The Morgan fingerprint density at radius 1 is 1.05 bits per heavy atom. The molecule has 0 aliphatic heterocycles. The van der Waals surface area contributed by atoms with Gasteiger partial charge in [0.05, 0.1) is 6.20 Å². The van der Waals surface area contributed by atoms with Gasteiger partial charge in [-0.1, -0.05) is 58.8 Å². The van der Waals surface area contributed by atoms with E-state index in [9.17, 15) is 0 Å². The summed E-state index contributed by atoms with van der Waals surface area (Å²) in [7, 11) is 2.03. The van der Waals surface area contributed by atoms with Crippen molar-refractivity contribution in [2.75, 3.05) is 6.54 Å². The predicted octanol–water partition coefficient (Wildman–Crippen LogP) is 4.91. The summed E-state index contributed by atoms with van der Waals surface area (Å²) in [6.45, 7) is 7.78. The molecule has 0 spiro atoms. The monoisotopic (exact) mass is 293 g/mol. The minimum absolute atomic E-state index is 0.481. The van der Waals surface area contributed by atoms with Crippen LogP contribution in [-0.2, 0) is 7.05 Å². The summed E-state index contributed by atoms with van der Waals surface area (Å²) in [4.78, 5) is 0. The Kier molecular flexibility index (Phi) is 9.40. The zero-order chi connectivity index (χ0) is 15.5. The van der Waals surface area contributed by atoms with Gasteiger partial charge in [-0.25, -0.2) is 0 Å². The summed E-state index contributed by atoms with van der Waals surface area (Å²) in [6.07, 6.45) is 14.1. The summed E-state index contributed by atoms with van der Waals surface area (Å²) < 4.78 is 1.99. The number of hydrogen-bond donors (Lipinski definition) is 1. The third kappa shape index (κ3) is 6.64. The summed E-state index contributed by atoms with van der Waals surface area (Å²) in [5, 5.41) is 8.10. The van der Waals surface area contributed by atoms with Crippen LogP contribution in [0.2, 0.25) is 0 Å². The average molecular weight is 293 g/mol. The van der Waals surface area contributed by atoms with Gasteiger partial charge < -0.3 is 5.32 Å². The third-order valence-electron chi connectivity index (χ3n) is 4.39. The largest absolute Gasteiger partial charge is 0.310 e. The van der Waals surface area contributed by atoms with E-state index in [1.165, 1.54) is 69.0 Å². The van der Waals surface area contributed by atoms with Gasteiger partial charge in [-0.2, -0.15) is 5.10 Å². The van der Waals surface area contributed by atoms with Gasteiger partial charge in [-0.3, -0.25) is 4.68 Å². The summed E-state index contributed by atoms with van der Waals surface area (Å²) in [5.41, 5.74) is 2.68. The van der Waals surface area contributed by atoms with Crippen LogP contribution in [0, 0.1) is 6.92 Å². The molecule has 0 aromatic carbocycles. The fourth-order valence-electron chi connectivity index (χ4n) is 2.85.